The first-order valence-electron chi connectivity index (χ1n) is 18.9. The normalized spacial score (nSPS) is 13.9. The molecule has 54 heavy (non-hydrogen) atoms. The molecule has 0 amide bonds. The standard InChI is InChI=1S/C27H25N2O.C21H24N2.Ir/c1-17(2)21-16-22(18(3)4)26-24(20-12-8-9-13-23(20)30-26)25(21)29-15-14-28-27(29)19-10-6-5-7-11-19;1-15(2)18-11-8-12-19(16(3)4)20(18)23-14-13-22-21(23)17-9-6-5-7-10-17;/h5-10,12-18H,1-4H3;5-9,11-16,21H,1-4H3;/q-1;-2;+3. The van der Waals surface area contributed by atoms with Gasteiger partial charge in [0.15, 0.2) is 0 Å². The maximum atomic E-state index is 6.42. The molecule has 2 aromatic heterocycles. The average Bonchev–Trinajstić information content (AvgIpc) is 3.94. The number of benzene rings is 5. The zero-order chi connectivity index (χ0) is 37.2. The number of hydrogen-bond donors (Lipinski definition) is 0. The van der Waals surface area contributed by atoms with Crippen molar-refractivity contribution in [2.45, 2.75) is 85.2 Å². The number of furan rings is 1. The van der Waals surface area contributed by atoms with Crippen LogP contribution in [-0.2, 0) is 20.1 Å². The molecular weight excluding hydrogens is 841 g/mol. The quantitative estimate of drug-likeness (QED) is 0.143. The summed E-state index contributed by atoms with van der Waals surface area (Å²) in [4.78, 5) is 7.00. The molecule has 276 valence electrons. The van der Waals surface area contributed by atoms with Gasteiger partial charge in [0.25, 0.3) is 0 Å². The molecule has 0 aliphatic carbocycles. The molecule has 0 N–H and O–H groups in total. The van der Waals surface area contributed by atoms with Gasteiger partial charge in [0.2, 0.25) is 0 Å². The van der Waals surface area contributed by atoms with Crippen LogP contribution in [0.25, 0.3) is 44.3 Å². The maximum Gasteiger partial charge on any atom is 3.00 e. The van der Waals surface area contributed by atoms with E-state index in [0.717, 1.165) is 44.6 Å². The molecule has 7 aromatic rings. The number of rotatable bonds is 8. The predicted molar refractivity (Wildman–Crippen MR) is 221 cm³/mol. The molecule has 1 unspecified atom stereocenters. The van der Waals surface area contributed by atoms with Gasteiger partial charge in [-0.15, -0.1) is 35.9 Å². The van der Waals surface area contributed by atoms with E-state index in [1.807, 2.05) is 55.0 Å². The molecule has 0 spiro atoms. The molecule has 0 saturated carbocycles. The second-order valence-corrected chi connectivity index (χ2v) is 15.1. The summed E-state index contributed by atoms with van der Waals surface area (Å²) < 4.78 is 8.63. The molecule has 8 rings (SSSR count). The maximum absolute atomic E-state index is 6.42. The van der Waals surface area contributed by atoms with E-state index >= 15 is 0 Å². The number of hydrogen-bond acceptors (Lipinski definition) is 3. The van der Waals surface area contributed by atoms with Crippen LogP contribution >= 0.6 is 0 Å². The fourth-order valence-electron chi connectivity index (χ4n) is 7.42. The third-order valence-electron chi connectivity index (χ3n) is 10.1. The summed E-state index contributed by atoms with van der Waals surface area (Å²) in [5.41, 5.74) is 11.7. The summed E-state index contributed by atoms with van der Waals surface area (Å²) in [7, 11) is 0. The van der Waals surface area contributed by atoms with Gasteiger partial charge in [0.05, 0.1) is 16.9 Å². The van der Waals surface area contributed by atoms with Gasteiger partial charge in [-0.05, 0) is 70.4 Å². The average molecular weight is 890 g/mol. The van der Waals surface area contributed by atoms with Gasteiger partial charge in [-0.2, -0.15) is 42.1 Å². The number of para-hydroxylation sites is 2. The Morgan fingerprint density at radius 1 is 0.685 bits per heavy atom. The van der Waals surface area contributed by atoms with Crippen molar-refractivity contribution in [1.82, 2.24) is 9.55 Å². The number of aromatic nitrogens is 2. The number of fused-ring (bicyclic) bond motifs is 3. The zero-order valence-corrected chi connectivity index (χ0v) is 34.9. The molecule has 0 bridgehead atoms. The Morgan fingerprint density at radius 2 is 1.33 bits per heavy atom. The van der Waals surface area contributed by atoms with Crippen LogP contribution in [0.4, 0.5) is 5.69 Å². The summed E-state index contributed by atoms with van der Waals surface area (Å²) in [5, 5.41) is 6.98. The van der Waals surface area contributed by atoms with Crippen molar-refractivity contribution >= 4 is 27.6 Å². The molecule has 1 atom stereocenters. The molecule has 3 heterocycles. The minimum atomic E-state index is -0.0198. The van der Waals surface area contributed by atoms with Crippen molar-refractivity contribution < 1.29 is 24.5 Å². The first-order chi connectivity index (χ1) is 25.7. The van der Waals surface area contributed by atoms with Gasteiger partial charge < -0.3 is 19.2 Å². The van der Waals surface area contributed by atoms with Crippen molar-refractivity contribution in [3.05, 3.63) is 167 Å². The van der Waals surface area contributed by atoms with Crippen molar-refractivity contribution in [2.24, 2.45) is 0 Å². The zero-order valence-electron chi connectivity index (χ0n) is 32.5. The second kappa shape index (κ2) is 16.6. The van der Waals surface area contributed by atoms with Gasteiger partial charge in [0.1, 0.15) is 11.2 Å². The Labute approximate surface area is 334 Å². The Hall–Kier alpha value is -4.90. The van der Waals surface area contributed by atoms with E-state index < -0.39 is 0 Å². The van der Waals surface area contributed by atoms with Gasteiger partial charge in [-0.3, -0.25) is 4.98 Å². The number of nitrogens with zero attached hydrogens (tertiary/aromatic N) is 4. The van der Waals surface area contributed by atoms with Crippen LogP contribution in [0.1, 0.15) is 113 Å². The topological polar surface area (TPSA) is 48.3 Å². The van der Waals surface area contributed by atoms with Crippen molar-refractivity contribution in [3.8, 4) is 17.1 Å². The SMILES string of the molecule is CC(C)c1cc(C(C)C)c2oc3ccccc3c2c1-n1ccnc1-c1[c-]cccc1.CC(C)c1cccc(C(C)C)c1N1C=C[N-]C1c1[c-]cccc1.[Ir+3]. The monoisotopic (exact) mass is 890 g/mol. The molecule has 0 radical (unpaired) electrons. The Bertz CT molecular complexity index is 2330. The van der Waals surface area contributed by atoms with Crippen LogP contribution in [0.2, 0.25) is 0 Å². The fourth-order valence-corrected chi connectivity index (χ4v) is 7.42. The first kappa shape index (κ1) is 38.8. The molecule has 5 aromatic carbocycles. The molecule has 5 nitrogen and oxygen atoms in total. The van der Waals surface area contributed by atoms with Crippen LogP contribution in [0, 0.1) is 12.1 Å². The molecule has 6 heteroatoms. The van der Waals surface area contributed by atoms with Crippen LogP contribution in [-0.4, -0.2) is 9.55 Å². The second-order valence-electron chi connectivity index (χ2n) is 15.1. The van der Waals surface area contributed by atoms with E-state index in [2.05, 4.69) is 149 Å². The summed E-state index contributed by atoms with van der Waals surface area (Å²) in [6.07, 6.45) is 7.90. The van der Waals surface area contributed by atoms with Crippen LogP contribution in [0.5, 0.6) is 0 Å². The minimum absolute atomic E-state index is 0. The number of imidazole rings is 1. The molecule has 0 saturated heterocycles. The summed E-state index contributed by atoms with van der Waals surface area (Å²) in [6.45, 7) is 18.0. The fraction of sp³-hybridized carbons (Fsp3) is 0.271. The van der Waals surface area contributed by atoms with E-state index in [0.29, 0.717) is 23.7 Å². The van der Waals surface area contributed by atoms with E-state index in [4.69, 9.17) is 9.40 Å². The largest absolute Gasteiger partial charge is 3.00 e. The van der Waals surface area contributed by atoms with Gasteiger partial charge in [0, 0.05) is 23.5 Å². The molecular formula is C48H49IrN4O. The van der Waals surface area contributed by atoms with Crippen molar-refractivity contribution in [3.63, 3.8) is 0 Å². The predicted octanol–water partition coefficient (Wildman–Crippen LogP) is 13.6. The third-order valence-corrected chi connectivity index (χ3v) is 10.1. The van der Waals surface area contributed by atoms with Gasteiger partial charge >= 0.3 is 20.1 Å². The van der Waals surface area contributed by atoms with Gasteiger partial charge in [-0.1, -0.05) is 91.8 Å². The van der Waals surface area contributed by atoms with E-state index in [1.54, 1.807) is 0 Å². The molecule has 1 aliphatic heterocycles. The van der Waals surface area contributed by atoms with Crippen LogP contribution < -0.4 is 4.90 Å². The summed E-state index contributed by atoms with van der Waals surface area (Å²) in [5.74, 6) is 2.55. The summed E-state index contributed by atoms with van der Waals surface area (Å²) >= 11 is 0. The van der Waals surface area contributed by atoms with Crippen molar-refractivity contribution in [1.29, 1.82) is 0 Å². The first-order valence-corrected chi connectivity index (χ1v) is 18.9. The minimum Gasteiger partial charge on any atom is -0.668 e. The Kier molecular flexibility index (Phi) is 12.0. The van der Waals surface area contributed by atoms with Gasteiger partial charge in [-0.25, -0.2) is 0 Å². The van der Waals surface area contributed by atoms with Crippen LogP contribution in [0.3, 0.4) is 0 Å². The van der Waals surface area contributed by atoms with E-state index in [1.165, 1.54) is 27.9 Å². The Morgan fingerprint density at radius 3 is 1.96 bits per heavy atom. The van der Waals surface area contributed by atoms with E-state index in [-0.39, 0.29) is 26.3 Å². The van der Waals surface area contributed by atoms with Crippen molar-refractivity contribution in [2.75, 3.05) is 4.90 Å². The third kappa shape index (κ3) is 7.43. The van der Waals surface area contributed by atoms with E-state index in [9.17, 15) is 0 Å². The molecule has 0 fully saturated rings. The van der Waals surface area contributed by atoms with Crippen LogP contribution in [0.15, 0.2) is 126 Å². The summed E-state index contributed by atoms with van der Waals surface area (Å²) in [6, 6.07) is 40.1. The molecule has 1 aliphatic rings. The smallest absolute Gasteiger partial charge is 0.668 e. The Balaban J connectivity index is 0.000000187. The number of anilines is 1.